The van der Waals surface area contributed by atoms with Crippen LogP contribution in [0.25, 0.3) is 0 Å². The standard InChI is InChI=1S/C31H31NO5S/c1-4-36-27-21-17-26(18-22-27)32(38(34,35)29-13-9-6-10-14-29)30(33)23-37-28-19-15-25(16-20-28)31(2,3)24-11-7-5-8-12-24/h5-22H,4,23H2,1-3H3. The van der Waals surface area contributed by atoms with E-state index in [1.165, 1.54) is 17.7 Å². The number of anilines is 1. The van der Waals surface area contributed by atoms with Gasteiger partial charge in [0.1, 0.15) is 11.5 Å². The molecule has 4 rings (SSSR count). The minimum Gasteiger partial charge on any atom is -0.494 e. The van der Waals surface area contributed by atoms with Crippen molar-refractivity contribution in [2.24, 2.45) is 0 Å². The van der Waals surface area contributed by atoms with E-state index in [9.17, 15) is 13.2 Å². The van der Waals surface area contributed by atoms with Crippen LogP contribution in [0.5, 0.6) is 11.5 Å². The number of hydrogen-bond donors (Lipinski definition) is 0. The number of hydrogen-bond acceptors (Lipinski definition) is 5. The van der Waals surface area contributed by atoms with E-state index in [0.717, 1.165) is 9.87 Å². The number of carbonyl (C=O) groups excluding carboxylic acids is 1. The van der Waals surface area contributed by atoms with Crippen LogP contribution in [0.3, 0.4) is 0 Å². The Balaban J connectivity index is 1.55. The molecule has 6 nitrogen and oxygen atoms in total. The van der Waals surface area contributed by atoms with E-state index in [2.05, 4.69) is 26.0 Å². The third-order valence-electron chi connectivity index (χ3n) is 6.32. The van der Waals surface area contributed by atoms with Crippen LogP contribution in [-0.2, 0) is 20.2 Å². The Morgan fingerprint density at radius 1 is 0.711 bits per heavy atom. The molecule has 0 bridgehead atoms. The van der Waals surface area contributed by atoms with Gasteiger partial charge in [0.25, 0.3) is 15.9 Å². The second kappa shape index (κ2) is 11.5. The maximum atomic E-state index is 13.5. The summed E-state index contributed by atoms with van der Waals surface area (Å²) in [5.74, 6) is 0.331. The number of benzene rings is 4. The van der Waals surface area contributed by atoms with Crippen molar-refractivity contribution in [3.63, 3.8) is 0 Å². The Bertz CT molecular complexity index is 1450. The lowest BCUT2D eigenvalue weighted by Gasteiger charge is -2.26. The van der Waals surface area contributed by atoms with Crippen LogP contribution in [0.2, 0.25) is 0 Å². The fourth-order valence-corrected chi connectivity index (χ4v) is 5.58. The van der Waals surface area contributed by atoms with Crippen molar-refractivity contribution >= 4 is 21.6 Å². The molecular weight excluding hydrogens is 498 g/mol. The largest absolute Gasteiger partial charge is 0.494 e. The van der Waals surface area contributed by atoms with Crippen LogP contribution in [0.1, 0.15) is 31.9 Å². The van der Waals surface area contributed by atoms with Gasteiger partial charge in [0, 0.05) is 5.41 Å². The molecule has 0 aliphatic rings. The number of ether oxygens (including phenoxy) is 2. The van der Waals surface area contributed by atoms with Gasteiger partial charge in [-0.25, -0.2) is 8.42 Å². The number of amides is 1. The highest BCUT2D eigenvalue weighted by molar-refractivity contribution is 7.93. The lowest BCUT2D eigenvalue weighted by atomic mass is 9.78. The predicted octanol–water partition coefficient (Wildman–Crippen LogP) is 6.21. The quantitative estimate of drug-likeness (QED) is 0.244. The predicted molar refractivity (Wildman–Crippen MR) is 149 cm³/mol. The number of rotatable bonds is 10. The van der Waals surface area contributed by atoms with Gasteiger partial charge in [0.2, 0.25) is 0 Å². The van der Waals surface area contributed by atoms with Crippen LogP contribution in [0.15, 0.2) is 114 Å². The molecule has 0 fully saturated rings. The van der Waals surface area contributed by atoms with Gasteiger partial charge in [-0.2, -0.15) is 4.31 Å². The lowest BCUT2D eigenvalue weighted by molar-refractivity contribution is -0.119. The topological polar surface area (TPSA) is 72.9 Å². The monoisotopic (exact) mass is 529 g/mol. The van der Waals surface area contributed by atoms with Crippen molar-refractivity contribution < 1.29 is 22.7 Å². The fourth-order valence-electron chi connectivity index (χ4n) is 4.15. The Kier molecular flexibility index (Phi) is 8.17. The molecule has 0 heterocycles. The van der Waals surface area contributed by atoms with Crippen molar-refractivity contribution in [3.8, 4) is 11.5 Å². The summed E-state index contributed by atoms with van der Waals surface area (Å²) in [4.78, 5) is 13.4. The van der Waals surface area contributed by atoms with Gasteiger partial charge in [-0.3, -0.25) is 4.79 Å². The third kappa shape index (κ3) is 5.89. The van der Waals surface area contributed by atoms with Crippen LogP contribution in [0, 0.1) is 0 Å². The highest BCUT2D eigenvalue weighted by Gasteiger charge is 2.31. The molecule has 38 heavy (non-hydrogen) atoms. The Hall–Kier alpha value is -4.10. The van der Waals surface area contributed by atoms with Gasteiger partial charge in [-0.15, -0.1) is 0 Å². The van der Waals surface area contributed by atoms with Crippen molar-refractivity contribution in [2.75, 3.05) is 17.5 Å². The molecule has 0 atom stereocenters. The molecule has 1 amide bonds. The van der Waals surface area contributed by atoms with E-state index < -0.39 is 22.5 Å². The van der Waals surface area contributed by atoms with Gasteiger partial charge in [-0.05, 0) is 66.6 Å². The summed E-state index contributed by atoms with van der Waals surface area (Å²) in [6.07, 6.45) is 0. The molecule has 7 heteroatoms. The summed E-state index contributed by atoms with van der Waals surface area (Å²) in [6, 6.07) is 31.9. The SMILES string of the molecule is CCOc1ccc(N(C(=O)COc2ccc(C(C)(C)c3ccccc3)cc2)S(=O)(=O)c2ccccc2)cc1. The minimum absolute atomic E-state index is 0.00901. The molecule has 0 unspecified atom stereocenters. The number of nitrogens with zero attached hydrogens (tertiary/aromatic N) is 1. The molecule has 0 aromatic heterocycles. The zero-order chi connectivity index (χ0) is 27.2. The van der Waals surface area contributed by atoms with E-state index in [1.807, 2.05) is 37.3 Å². The van der Waals surface area contributed by atoms with Gasteiger partial charge >= 0.3 is 0 Å². The van der Waals surface area contributed by atoms with E-state index in [1.54, 1.807) is 54.6 Å². The van der Waals surface area contributed by atoms with Crippen LogP contribution >= 0.6 is 0 Å². The van der Waals surface area contributed by atoms with E-state index >= 15 is 0 Å². The van der Waals surface area contributed by atoms with Gasteiger partial charge in [0.15, 0.2) is 6.61 Å². The van der Waals surface area contributed by atoms with Gasteiger partial charge in [-0.1, -0.05) is 74.5 Å². The third-order valence-corrected chi connectivity index (χ3v) is 8.09. The Labute approximate surface area is 224 Å². The average Bonchev–Trinajstić information content (AvgIpc) is 2.94. The molecule has 0 aliphatic carbocycles. The molecule has 0 saturated carbocycles. The first-order valence-electron chi connectivity index (χ1n) is 12.4. The summed E-state index contributed by atoms with van der Waals surface area (Å²) >= 11 is 0. The summed E-state index contributed by atoms with van der Waals surface area (Å²) in [7, 11) is -4.18. The van der Waals surface area contributed by atoms with Crippen LogP contribution in [0.4, 0.5) is 5.69 Å². The molecule has 196 valence electrons. The second-order valence-electron chi connectivity index (χ2n) is 9.21. The maximum absolute atomic E-state index is 13.5. The van der Waals surface area contributed by atoms with Gasteiger partial charge in [0.05, 0.1) is 17.2 Å². The summed E-state index contributed by atoms with van der Waals surface area (Å²) < 4.78 is 39.0. The first kappa shape index (κ1) is 26.9. The average molecular weight is 530 g/mol. The molecule has 0 N–H and O–H groups in total. The number of sulfonamides is 1. The van der Waals surface area contributed by atoms with E-state index in [-0.39, 0.29) is 16.0 Å². The van der Waals surface area contributed by atoms with Crippen LogP contribution < -0.4 is 13.8 Å². The molecule has 4 aromatic rings. The summed E-state index contributed by atoms with van der Waals surface area (Å²) in [5, 5.41) is 0. The normalized spacial score (nSPS) is 11.6. The Morgan fingerprint density at radius 2 is 1.21 bits per heavy atom. The molecule has 0 aliphatic heterocycles. The Morgan fingerprint density at radius 3 is 1.79 bits per heavy atom. The number of carbonyl (C=O) groups is 1. The van der Waals surface area contributed by atoms with E-state index in [4.69, 9.17) is 9.47 Å². The molecular formula is C31H31NO5S. The summed E-state index contributed by atoms with van der Waals surface area (Å²) in [6.45, 7) is 6.16. The van der Waals surface area contributed by atoms with Gasteiger partial charge < -0.3 is 9.47 Å². The maximum Gasteiger partial charge on any atom is 0.278 e. The molecule has 4 aromatic carbocycles. The van der Waals surface area contributed by atoms with Crippen LogP contribution in [-0.4, -0.2) is 27.5 Å². The lowest BCUT2D eigenvalue weighted by Crippen LogP contribution is -2.40. The first-order valence-corrected chi connectivity index (χ1v) is 13.8. The highest BCUT2D eigenvalue weighted by atomic mass is 32.2. The fraction of sp³-hybridized carbons (Fsp3) is 0.194. The first-order chi connectivity index (χ1) is 18.2. The van der Waals surface area contributed by atoms with Crippen molar-refractivity contribution in [3.05, 3.63) is 120 Å². The molecule has 0 spiro atoms. The zero-order valence-corrected chi connectivity index (χ0v) is 22.5. The van der Waals surface area contributed by atoms with Crippen molar-refractivity contribution in [1.82, 2.24) is 0 Å². The summed E-state index contributed by atoms with van der Waals surface area (Å²) in [5.41, 5.74) is 2.25. The molecule has 0 radical (unpaired) electrons. The van der Waals surface area contributed by atoms with E-state index in [0.29, 0.717) is 18.1 Å². The second-order valence-corrected chi connectivity index (χ2v) is 11.0. The van der Waals surface area contributed by atoms with Crippen molar-refractivity contribution in [2.45, 2.75) is 31.1 Å². The van der Waals surface area contributed by atoms with Crippen molar-refractivity contribution in [1.29, 1.82) is 0 Å². The minimum atomic E-state index is -4.18. The molecule has 0 saturated heterocycles. The smallest absolute Gasteiger partial charge is 0.278 e. The zero-order valence-electron chi connectivity index (χ0n) is 21.7. The highest BCUT2D eigenvalue weighted by Crippen LogP contribution is 2.32.